The van der Waals surface area contributed by atoms with E-state index in [1.807, 2.05) is 13.8 Å². The van der Waals surface area contributed by atoms with Gasteiger partial charge in [-0.1, -0.05) is 35.8 Å². The number of carbonyl (C=O) groups is 1. The molecule has 0 aliphatic rings. The van der Waals surface area contributed by atoms with E-state index >= 15 is 0 Å². The molecule has 0 aliphatic carbocycles. The fraction of sp³-hybridized carbons (Fsp3) is 0.417. The minimum Gasteiger partial charge on any atom is -0.480 e. The van der Waals surface area contributed by atoms with E-state index in [0.29, 0.717) is 10.0 Å². The van der Waals surface area contributed by atoms with E-state index in [4.69, 9.17) is 5.11 Å². The van der Waals surface area contributed by atoms with Crippen LogP contribution in [0, 0.1) is 11.7 Å². The molecular formula is C12H15BrFNO2. The van der Waals surface area contributed by atoms with Gasteiger partial charge in [-0.05, 0) is 18.1 Å². The smallest absolute Gasteiger partial charge is 0.320 e. The van der Waals surface area contributed by atoms with Crippen LogP contribution in [0.1, 0.15) is 19.4 Å². The minimum atomic E-state index is -0.919. The normalized spacial score (nSPS) is 12.8. The highest BCUT2D eigenvalue weighted by Crippen LogP contribution is 2.15. The Labute approximate surface area is 108 Å². The molecule has 3 nitrogen and oxygen atoms in total. The molecule has 0 spiro atoms. The van der Waals surface area contributed by atoms with Gasteiger partial charge in [-0.25, -0.2) is 4.39 Å². The summed E-state index contributed by atoms with van der Waals surface area (Å²) < 4.78 is 14.1. The summed E-state index contributed by atoms with van der Waals surface area (Å²) in [6.45, 7) is 3.82. The van der Waals surface area contributed by atoms with Gasteiger partial charge in [-0.2, -0.15) is 0 Å². The largest absolute Gasteiger partial charge is 0.480 e. The number of hydrogen-bond acceptors (Lipinski definition) is 2. The molecule has 2 N–H and O–H groups in total. The molecule has 1 aromatic carbocycles. The van der Waals surface area contributed by atoms with Crippen molar-refractivity contribution < 1.29 is 14.3 Å². The Bertz CT molecular complexity index is 409. The lowest BCUT2D eigenvalue weighted by atomic mass is 10.0. The van der Waals surface area contributed by atoms with Crippen molar-refractivity contribution in [2.24, 2.45) is 5.92 Å². The van der Waals surface area contributed by atoms with Crippen molar-refractivity contribution in [3.05, 3.63) is 34.1 Å². The van der Waals surface area contributed by atoms with Crippen LogP contribution in [0.5, 0.6) is 0 Å². The minimum absolute atomic E-state index is 0.0500. The lowest BCUT2D eigenvalue weighted by molar-refractivity contribution is -0.140. The number of nitrogens with one attached hydrogen (secondary N) is 1. The van der Waals surface area contributed by atoms with E-state index in [0.717, 1.165) is 0 Å². The van der Waals surface area contributed by atoms with E-state index in [1.165, 1.54) is 6.07 Å². The molecule has 0 heterocycles. The maximum Gasteiger partial charge on any atom is 0.320 e. The average molecular weight is 304 g/mol. The van der Waals surface area contributed by atoms with Gasteiger partial charge in [-0.15, -0.1) is 0 Å². The summed E-state index contributed by atoms with van der Waals surface area (Å²) in [5.41, 5.74) is 0.458. The molecule has 0 aliphatic heterocycles. The van der Waals surface area contributed by atoms with Crippen LogP contribution in [-0.4, -0.2) is 17.1 Å². The zero-order valence-corrected chi connectivity index (χ0v) is 11.3. The predicted molar refractivity (Wildman–Crippen MR) is 67.2 cm³/mol. The van der Waals surface area contributed by atoms with Gasteiger partial charge in [0.25, 0.3) is 0 Å². The molecule has 94 valence electrons. The average Bonchev–Trinajstić information content (AvgIpc) is 2.20. The van der Waals surface area contributed by atoms with Crippen molar-refractivity contribution in [2.45, 2.75) is 26.4 Å². The van der Waals surface area contributed by atoms with Crippen molar-refractivity contribution in [1.82, 2.24) is 5.32 Å². The third-order valence-electron chi connectivity index (χ3n) is 2.46. The van der Waals surface area contributed by atoms with E-state index < -0.39 is 12.0 Å². The molecule has 0 fully saturated rings. The summed E-state index contributed by atoms with van der Waals surface area (Å²) in [6, 6.07) is 4.05. The summed E-state index contributed by atoms with van der Waals surface area (Å²) in [5.74, 6) is -1.32. The van der Waals surface area contributed by atoms with Crippen molar-refractivity contribution in [1.29, 1.82) is 0 Å². The Hall–Kier alpha value is -0.940. The second-order valence-corrected chi connectivity index (χ2v) is 5.09. The molecule has 1 rings (SSSR count). The van der Waals surface area contributed by atoms with Gasteiger partial charge < -0.3 is 5.11 Å². The quantitative estimate of drug-likeness (QED) is 0.879. The highest BCUT2D eigenvalue weighted by atomic mass is 79.9. The molecule has 5 heteroatoms. The highest BCUT2D eigenvalue weighted by Gasteiger charge is 2.20. The number of benzene rings is 1. The van der Waals surface area contributed by atoms with Crippen molar-refractivity contribution >= 4 is 21.9 Å². The van der Waals surface area contributed by atoms with Crippen LogP contribution < -0.4 is 5.32 Å². The zero-order valence-electron chi connectivity index (χ0n) is 9.71. The van der Waals surface area contributed by atoms with Crippen LogP contribution >= 0.6 is 15.9 Å². The molecule has 17 heavy (non-hydrogen) atoms. The third-order valence-corrected chi connectivity index (χ3v) is 2.95. The predicted octanol–water partition coefficient (Wildman–Crippen LogP) is 2.79. The Balaban J connectivity index is 2.69. The number of carboxylic acid groups (broad SMARTS) is 1. The van der Waals surface area contributed by atoms with Crippen LogP contribution in [-0.2, 0) is 11.3 Å². The molecular weight excluding hydrogens is 289 g/mol. The zero-order chi connectivity index (χ0) is 13.0. The Morgan fingerprint density at radius 3 is 2.65 bits per heavy atom. The first-order valence-corrected chi connectivity index (χ1v) is 6.11. The van der Waals surface area contributed by atoms with E-state index in [-0.39, 0.29) is 18.3 Å². The topological polar surface area (TPSA) is 49.3 Å². The van der Waals surface area contributed by atoms with Crippen LogP contribution in [0.3, 0.4) is 0 Å². The van der Waals surface area contributed by atoms with Crippen LogP contribution in [0.2, 0.25) is 0 Å². The third kappa shape index (κ3) is 4.09. The monoisotopic (exact) mass is 303 g/mol. The first-order chi connectivity index (χ1) is 7.91. The molecule has 0 unspecified atom stereocenters. The first kappa shape index (κ1) is 14.1. The van der Waals surface area contributed by atoms with E-state index in [2.05, 4.69) is 21.2 Å². The molecule has 0 saturated heterocycles. The lowest BCUT2D eigenvalue weighted by Crippen LogP contribution is -2.40. The Morgan fingerprint density at radius 1 is 1.53 bits per heavy atom. The summed E-state index contributed by atoms with van der Waals surface area (Å²) >= 11 is 3.17. The van der Waals surface area contributed by atoms with E-state index in [9.17, 15) is 9.18 Å². The standard InChI is InChI=1S/C12H15BrFNO2/c1-7(2)11(12(16)17)15-6-8-3-4-9(13)5-10(8)14/h3-5,7,11,15H,6H2,1-2H3,(H,16,17)/t11-/m1/s1. The SMILES string of the molecule is CC(C)[C@@H](NCc1ccc(Br)cc1F)C(=O)O. The van der Waals surface area contributed by atoms with Gasteiger partial charge in [0, 0.05) is 16.6 Å². The number of aliphatic carboxylic acids is 1. The summed E-state index contributed by atoms with van der Waals surface area (Å²) in [7, 11) is 0. The van der Waals surface area contributed by atoms with Crippen molar-refractivity contribution in [3.63, 3.8) is 0 Å². The second kappa shape index (κ2) is 6.12. The van der Waals surface area contributed by atoms with Crippen LogP contribution in [0.25, 0.3) is 0 Å². The fourth-order valence-corrected chi connectivity index (χ4v) is 1.83. The maximum atomic E-state index is 13.5. The fourth-order valence-electron chi connectivity index (χ4n) is 1.49. The lowest BCUT2D eigenvalue weighted by Gasteiger charge is -2.18. The molecule has 0 radical (unpaired) electrons. The van der Waals surface area contributed by atoms with Crippen molar-refractivity contribution in [3.8, 4) is 0 Å². The molecule has 0 saturated carbocycles. The van der Waals surface area contributed by atoms with Gasteiger partial charge in [0.2, 0.25) is 0 Å². The van der Waals surface area contributed by atoms with Gasteiger partial charge in [-0.3, -0.25) is 10.1 Å². The first-order valence-electron chi connectivity index (χ1n) is 5.32. The summed E-state index contributed by atoms with van der Waals surface area (Å²) in [4.78, 5) is 10.9. The Morgan fingerprint density at radius 2 is 2.18 bits per heavy atom. The Kier molecular flexibility index (Phi) is 5.08. The molecule has 0 bridgehead atoms. The van der Waals surface area contributed by atoms with Gasteiger partial charge >= 0.3 is 5.97 Å². The number of carboxylic acids is 1. The number of rotatable bonds is 5. The van der Waals surface area contributed by atoms with E-state index in [1.54, 1.807) is 12.1 Å². The van der Waals surface area contributed by atoms with Gasteiger partial charge in [0.05, 0.1) is 0 Å². The molecule has 1 atom stereocenters. The van der Waals surface area contributed by atoms with Crippen LogP contribution in [0.4, 0.5) is 4.39 Å². The maximum absolute atomic E-state index is 13.5. The van der Waals surface area contributed by atoms with Crippen molar-refractivity contribution in [2.75, 3.05) is 0 Å². The van der Waals surface area contributed by atoms with Gasteiger partial charge in [0.1, 0.15) is 11.9 Å². The van der Waals surface area contributed by atoms with Gasteiger partial charge in [0.15, 0.2) is 0 Å². The number of hydrogen-bond donors (Lipinski definition) is 2. The molecule has 1 aromatic rings. The molecule has 0 amide bonds. The molecule has 0 aromatic heterocycles. The highest BCUT2D eigenvalue weighted by molar-refractivity contribution is 9.10. The second-order valence-electron chi connectivity index (χ2n) is 4.18. The number of halogens is 2. The van der Waals surface area contributed by atoms with Crippen LogP contribution in [0.15, 0.2) is 22.7 Å². The summed E-state index contributed by atoms with van der Waals surface area (Å²) in [5, 5.41) is 11.8. The summed E-state index contributed by atoms with van der Waals surface area (Å²) in [6.07, 6.45) is 0.